The van der Waals surface area contributed by atoms with Crippen molar-refractivity contribution in [3.05, 3.63) is 63.9 Å². The van der Waals surface area contributed by atoms with Gasteiger partial charge in [-0.3, -0.25) is 9.78 Å². The van der Waals surface area contributed by atoms with Crippen LogP contribution in [0, 0.1) is 6.92 Å². The molecule has 3 nitrogen and oxygen atoms in total. The van der Waals surface area contributed by atoms with Crippen molar-refractivity contribution in [1.82, 2.24) is 10.3 Å². The van der Waals surface area contributed by atoms with Crippen molar-refractivity contribution in [2.75, 3.05) is 0 Å². The fraction of sp³-hybridized carbons (Fsp3) is 0.200. The van der Waals surface area contributed by atoms with Crippen LogP contribution in [0.2, 0.25) is 0 Å². The third kappa shape index (κ3) is 3.64. The maximum Gasteiger partial charge on any atom is 0.251 e. The highest BCUT2D eigenvalue weighted by molar-refractivity contribution is 9.10. The standard InChI is InChI=1S/C15H15BrN2O/c1-10-7-13(9-14(16)8-10)15(19)18-11(2)12-3-5-17-6-4-12/h3-9,11H,1-2H3,(H,18,19). The first kappa shape index (κ1) is 13.7. The van der Waals surface area contributed by atoms with Crippen molar-refractivity contribution in [3.63, 3.8) is 0 Å². The monoisotopic (exact) mass is 318 g/mol. The second-order valence-electron chi connectivity index (χ2n) is 4.49. The van der Waals surface area contributed by atoms with Crippen molar-refractivity contribution < 1.29 is 4.79 Å². The van der Waals surface area contributed by atoms with E-state index in [1.165, 1.54) is 0 Å². The predicted octanol–water partition coefficient (Wildman–Crippen LogP) is 3.64. The first-order valence-corrected chi connectivity index (χ1v) is 6.83. The number of aryl methyl sites for hydroxylation is 1. The molecule has 98 valence electrons. The molecule has 0 spiro atoms. The number of halogens is 1. The number of hydrogen-bond acceptors (Lipinski definition) is 2. The molecule has 1 heterocycles. The van der Waals surface area contributed by atoms with Crippen LogP contribution in [0.15, 0.2) is 47.2 Å². The largest absolute Gasteiger partial charge is 0.346 e. The molecule has 1 amide bonds. The van der Waals surface area contributed by atoms with Gasteiger partial charge in [-0.2, -0.15) is 0 Å². The molecule has 0 aliphatic rings. The highest BCUT2D eigenvalue weighted by Crippen LogP contribution is 2.17. The Morgan fingerprint density at radius 2 is 1.95 bits per heavy atom. The third-order valence-electron chi connectivity index (χ3n) is 2.86. The van der Waals surface area contributed by atoms with Gasteiger partial charge in [0.2, 0.25) is 0 Å². The summed E-state index contributed by atoms with van der Waals surface area (Å²) < 4.78 is 0.911. The molecule has 2 rings (SSSR count). The minimum atomic E-state index is -0.0753. The Bertz CT molecular complexity index is 564. The number of nitrogens with one attached hydrogen (secondary N) is 1. The lowest BCUT2D eigenvalue weighted by Crippen LogP contribution is -2.26. The van der Waals surface area contributed by atoms with Crippen LogP contribution in [-0.2, 0) is 0 Å². The minimum absolute atomic E-state index is 0.0465. The SMILES string of the molecule is Cc1cc(Br)cc(C(=O)NC(C)c2ccncc2)c1. The van der Waals surface area contributed by atoms with E-state index in [4.69, 9.17) is 0 Å². The summed E-state index contributed by atoms with van der Waals surface area (Å²) in [6.07, 6.45) is 3.45. The Labute approximate surface area is 121 Å². The average molecular weight is 319 g/mol. The molecule has 2 aromatic rings. The average Bonchev–Trinajstić information content (AvgIpc) is 2.38. The number of carbonyl (C=O) groups excluding carboxylic acids is 1. The maximum atomic E-state index is 12.2. The van der Waals surface area contributed by atoms with Crippen LogP contribution in [0.25, 0.3) is 0 Å². The molecule has 0 aliphatic carbocycles. The second kappa shape index (κ2) is 5.97. The van der Waals surface area contributed by atoms with E-state index in [-0.39, 0.29) is 11.9 Å². The van der Waals surface area contributed by atoms with Gasteiger partial charge in [0, 0.05) is 22.4 Å². The number of aromatic nitrogens is 1. The zero-order valence-corrected chi connectivity index (χ0v) is 12.4. The lowest BCUT2D eigenvalue weighted by atomic mass is 10.1. The summed E-state index contributed by atoms with van der Waals surface area (Å²) in [6, 6.07) is 9.42. The van der Waals surface area contributed by atoms with Crippen molar-refractivity contribution in [2.24, 2.45) is 0 Å². The molecule has 1 aromatic heterocycles. The molecule has 0 radical (unpaired) electrons. The number of carbonyl (C=O) groups is 1. The highest BCUT2D eigenvalue weighted by atomic mass is 79.9. The van der Waals surface area contributed by atoms with Crippen molar-refractivity contribution >= 4 is 21.8 Å². The van der Waals surface area contributed by atoms with Gasteiger partial charge in [-0.05, 0) is 55.3 Å². The number of amides is 1. The third-order valence-corrected chi connectivity index (χ3v) is 3.32. The first-order chi connectivity index (χ1) is 9.06. The number of nitrogens with zero attached hydrogens (tertiary/aromatic N) is 1. The van der Waals surface area contributed by atoms with E-state index in [0.29, 0.717) is 5.56 Å². The molecule has 1 unspecified atom stereocenters. The first-order valence-electron chi connectivity index (χ1n) is 6.04. The summed E-state index contributed by atoms with van der Waals surface area (Å²) in [4.78, 5) is 16.2. The molecule has 19 heavy (non-hydrogen) atoms. The van der Waals surface area contributed by atoms with Gasteiger partial charge >= 0.3 is 0 Å². The number of benzene rings is 1. The zero-order chi connectivity index (χ0) is 13.8. The molecule has 0 bridgehead atoms. The summed E-state index contributed by atoms with van der Waals surface area (Å²) >= 11 is 3.40. The molecular formula is C15H15BrN2O. The molecule has 0 aliphatic heterocycles. The van der Waals surface area contributed by atoms with Crippen LogP contribution in [0.5, 0.6) is 0 Å². The number of hydrogen-bond donors (Lipinski definition) is 1. The van der Waals surface area contributed by atoms with Crippen LogP contribution in [0.1, 0.15) is 34.5 Å². The summed E-state index contributed by atoms with van der Waals surface area (Å²) in [5, 5.41) is 2.98. The van der Waals surface area contributed by atoms with E-state index in [9.17, 15) is 4.79 Å². The van der Waals surface area contributed by atoms with E-state index >= 15 is 0 Å². The fourth-order valence-corrected chi connectivity index (χ4v) is 2.49. The van der Waals surface area contributed by atoms with E-state index in [1.807, 2.05) is 44.2 Å². The maximum absolute atomic E-state index is 12.2. The van der Waals surface area contributed by atoms with E-state index < -0.39 is 0 Å². The van der Waals surface area contributed by atoms with Gasteiger partial charge in [-0.1, -0.05) is 15.9 Å². The molecular weight excluding hydrogens is 304 g/mol. The van der Waals surface area contributed by atoms with Crippen LogP contribution in [-0.4, -0.2) is 10.9 Å². The molecule has 0 fully saturated rings. The van der Waals surface area contributed by atoms with Gasteiger partial charge in [0.1, 0.15) is 0 Å². The Hall–Kier alpha value is -1.68. The highest BCUT2D eigenvalue weighted by Gasteiger charge is 2.12. The Balaban J connectivity index is 2.13. The smallest absolute Gasteiger partial charge is 0.251 e. The van der Waals surface area contributed by atoms with Crippen molar-refractivity contribution in [3.8, 4) is 0 Å². The van der Waals surface area contributed by atoms with Gasteiger partial charge in [-0.25, -0.2) is 0 Å². The zero-order valence-electron chi connectivity index (χ0n) is 10.9. The molecule has 1 aromatic carbocycles. The Kier molecular flexibility index (Phi) is 4.32. The van der Waals surface area contributed by atoms with Gasteiger partial charge in [0.05, 0.1) is 6.04 Å². The number of pyridine rings is 1. The lowest BCUT2D eigenvalue weighted by molar-refractivity contribution is 0.0939. The minimum Gasteiger partial charge on any atom is -0.346 e. The van der Waals surface area contributed by atoms with Crippen LogP contribution >= 0.6 is 15.9 Å². The topological polar surface area (TPSA) is 42.0 Å². The normalized spacial score (nSPS) is 11.9. The Morgan fingerprint density at radius 1 is 1.26 bits per heavy atom. The van der Waals surface area contributed by atoms with Crippen molar-refractivity contribution in [2.45, 2.75) is 19.9 Å². The van der Waals surface area contributed by atoms with Gasteiger partial charge in [0.25, 0.3) is 5.91 Å². The molecule has 1 atom stereocenters. The van der Waals surface area contributed by atoms with Crippen molar-refractivity contribution in [1.29, 1.82) is 0 Å². The van der Waals surface area contributed by atoms with Crippen LogP contribution in [0.4, 0.5) is 0 Å². The number of rotatable bonds is 3. The molecule has 1 N–H and O–H groups in total. The van der Waals surface area contributed by atoms with Gasteiger partial charge in [-0.15, -0.1) is 0 Å². The summed E-state index contributed by atoms with van der Waals surface area (Å²) in [5.41, 5.74) is 2.75. The fourth-order valence-electron chi connectivity index (χ4n) is 1.88. The lowest BCUT2D eigenvalue weighted by Gasteiger charge is -2.14. The quantitative estimate of drug-likeness (QED) is 0.938. The van der Waals surface area contributed by atoms with Gasteiger partial charge < -0.3 is 5.32 Å². The van der Waals surface area contributed by atoms with E-state index in [0.717, 1.165) is 15.6 Å². The Morgan fingerprint density at radius 3 is 2.58 bits per heavy atom. The van der Waals surface area contributed by atoms with E-state index in [2.05, 4.69) is 26.2 Å². The summed E-state index contributed by atoms with van der Waals surface area (Å²) in [7, 11) is 0. The molecule has 0 saturated heterocycles. The molecule has 0 saturated carbocycles. The van der Waals surface area contributed by atoms with Gasteiger partial charge in [0.15, 0.2) is 0 Å². The summed E-state index contributed by atoms with van der Waals surface area (Å²) in [6.45, 7) is 3.92. The predicted molar refractivity (Wildman–Crippen MR) is 79.0 cm³/mol. The second-order valence-corrected chi connectivity index (χ2v) is 5.41. The summed E-state index contributed by atoms with van der Waals surface area (Å²) in [5.74, 6) is -0.0753. The van der Waals surface area contributed by atoms with Crippen LogP contribution < -0.4 is 5.32 Å². The van der Waals surface area contributed by atoms with Crippen LogP contribution in [0.3, 0.4) is 0 Å². The molecule has 4 heteroatoms. The van der Waals surface area contributed by atoms with E-state index in [1.54, 1.807) is 12.4 Å².